The van der Waals surface area contributed by atoms with E-state index in [1.165, 1.54) is 23.9 Å². The number of alkyl halides is 3. The quantitative estimate of drug-likeness (QED) is 0.503. The maximum atomic E-state index is 13.0. The molecule has 0 aromatic carbocycles. The Morgan fingerprint density at radius 3 is 2.53 bits per heavy atom. The number of nitriles is 1. The van der Waals surface area contributed by atoms with Crippen molar-refractivity contribution in [2.75, 3.05) is 13.7 Å². The van der Waals surface area contributed by atoms with Crippen LogP contribution in [0.1, 0.15) is 73.5 Å². The van der Waals surface area contributed by atoms with E-state index in [-0.39, 0.29) is 35.9 Å². The van der Waals surface area contributed by atoms with Gasteiger partial charge in [0.2, 0.25) is 0 Å². The normalized spacial score (nSPS) is 19.1. The van der Waals surface area contributed by atoms with Gasteiger partial charge in [-0.05, 0) is 49.7 Å². The second-order valence-electron chi connectivity index (χ2n) is 9.17. The zero-order chi connectivity index (χ0) is 28.5. The summed E-state index contributed by atoms with van der Waals surface area (Å²) in [7, 11) is 1.35. The number of nitrogens with one attached hydrogen (secondary N) is 1. The Bertz CT molecular complexity index is 1200. The Hall–Kier alpha value is -3.31. The fraction of sp³-hybridized carbons (Fsp3) is 0.583. The molecule has 38 heavy (non-hydrogen) atoms. The topological polar surface area (TPSA) is 147 Å². The van der Waals surface area contributed by atoms with Crippen molar-refractivity contribution in [2.24, 2.45) is 5.92 Å². The molecule has 0 bridgehead atoms. The second-order valence-corrected chi connectivity index (χ2v) is 9.30. The Labute approximate surface area is 221 Å². The van der Waals surface area contributed by atoms with E-state index >= 15 is 0 Å². The number of methoxy groups -OCH3 is 1. The number of hydrogen-bond acceptors (Lipinski definition) is 8. The number of rotatable bonds is 8. The Kier molecular flexibility index (Phi) is 11.0. The number of ether oxygens (including phenoxy) is 1. The minimum Gasteiger partial charge on any atom is -0.493 e. The number of nitrogens with zero attached hydrogens (tertiary/aromatic N) is 4. The monoisotopic (exact) mass is 557 g/mol. The van der Waals surface area contributed by atoms with E-state index in [0.717, 1.165) is 12.8 Å². The number of aromatic nitrogens is 3. The van der Waals surface area contributed by atoms with Crippen LogP contribution < -0.4 is 10.1 Å². The first kappa shape index (κ1) is 30.9. The number of aliphatic hydroxyl groups is 1. The molecular weight excluding hydrogens is 527 g/mol. The van der Waals surface area contributed by atoms with E-state index in [4.69, 9.17) is 13.2 Å². The van der Waals surface area contributed by atoms with Gasteiger partial charge in [-0.3, -0.25) is 9.36 Å². The molecule has 0 atom stereocenters. The molecule has 0 aliphatic heterocycles. The third-order valence-electron chi connectivity index (χ3n) is 6.39. The largest absolute Gasteiger partial charge is 0.493 e. The minimum absolute atomic E-state index is 0.0488. The standard InChI is InChI=1S/C24H30F3N5O3.O2S/c1-4-19-31-20(22(33)30-14-23(34)8-5-15(2)6-9-23)17(12-28)32(19)21-18(35-3)11-16(13-29-21)7-10-24(25,26)27;1-3-2/h11,13,15,34H,4-10,14H2,1-3H3,(H,30,33);. The van der Waals surface area contributed by atoms with Crippen molar-refractivity contribution in [2.45, 2.75) is 70.6 Å². The highest BCUT2D eigenvalue weighted by molar-refractivity contribution is 7.51. The first-order chi connectivity index (χ1) is 17.9. The molecule has 1 saturated carbocycles. The third-order valence-corrected chi connectivity index (χ3v) is 6.39. The lowest BCUT2D eigenvalue weighted by atomic mass is 9.79. The summed E-state index contributed by atoms with van der Waals surface area (Å²) < 4.78 is 61.2. The predicted molar refractivity (Wildman–Crippen MR) is 130 cm³/mol. The Morgan fingerprint density at radius 1 is 1.37 bits per heavy atom. The molecule has 1 amide bonds. The van der Waals surface area contributed by atoms with Crippen LogP contribution in [-0.2, 0) is 24.4 Å². The van der Waals surface area contributed by atoms with Crippen molar-refractivity contribution in [1.82, 2.24) is 19.9 Å². The zero-order valence-corrected chi connectivity index (χ0v) is 22.1. The molecule has 0 saturated heterocycles. The number of aryl methyl sites for hydroxylation is 2. The van der Waals surface area contributed by atoms with Gasteiger partial charge in [-0.1, -0.05) is 13.8 Å². The maximum Gasteiger partial charge on any atom is 0.389 e. The van der Waals surface area contributed by atoms with E-state index in [1.54, 1.807) is 6.92 Å². The molecule has 208 valence electrons. The van der Waals surface area contributed by atoms with Crippen LogP contribution in [-0.4, -0.2) is 59.4 Å². The first-order valence-electron chi connectivity index (χ1n) is 12.0. The first-order valence-corrected chi connectivity index (χ1v) is 12.6. The number of carbonyl (C=O) groups excluding carboxylic acids is 1. The van der Waals surface area contributed by atoms with Crippen molar-refractivity contribution in [3.8, 4) is 17.6 Å². The fourth-order valence-electron chi connectivity index (χ4n) is 4.22. The molecule has 3 rings (SSSR count). The third kappa shape index (κ3) is 8.09. The number of imidazole rings is 1. The predicted octanol–water partition coefficient (Wildman–Crippen LogP) is 3.21. The van der Waals surface area contributed by atoms with Gasteiger partial charge < -0.3 is 15.2 Å². The van der Waals surface area contributed by atoms with Crippen LogP contribution in [0.15, 0.2) is 12.3 Å². The smallest absolute Gasteiger partial charge is 0.389 e. The highest BCUT2D eigenvalue weighted by atomic mass is 32.1. The van der Waals surface area contributed by atoms with Gasteiger partial charge in [0.05, 0.1) is 12.7 Å². The van der Waals surface area contributed by atoms with Gasteiger partial charge >= 0.3 is 17.7 Å². The number of hydrogen-bond donors (Lipinski definition) is 2. The molecule has 0 radical (unpaired) electrons. The molecule has 2 N–H and O–H groups in total. The average Bonchev–Trinajstić information content (AvgIpc) is 3.26. The van der Waals surface area contributed by atoms with Crippen LogP contribution >= 0.6 is 0 Å². The molecule has 1 aliphatic rings. The van der Waals surface area contributed by atoms with Crippen molar-refractivity contribution >= 4 is 17.5 Å². The molecule has 2 heterocycles. The van der Waals surface area contributed by atoms with Crippen LogP contribution in [0.2, 0.25) is 0 Å². The second kappa shape index (κ2) is 13.5. The number of pyridine rings is 1. The highest BCUT2D eigenvalue weighted by Gasteiger charge is 2.33. The summed E-state index contributed by atoms with van der Waals surface area (Å²) in [5, 5.41) is 23.4. The molecule has 1 aliphatic carbocycles. The molecule has 2 aromatic heterocycles. The fourth-order valence-corrected chi connectivity index (χ4v) is 4.22. The van der Waals surface area contributed by atoms with Gasteiger partial charge in [0, 0.05) is 25.6 Å². The SMILES string of the molecule is CCc1nc(C(=O)NCC2(O)CCC(C)CC2)c(C#N)n1-c1ncc(CCC(F)(F)F)cc1OC.O=S=O. The Balaban J connectivity index is 0.00000161. The summed E-state index contributed by atoms with van der Waals surface area (Å²) >= 11 is -0.750. The van der Waals surface area contributed by atoms with Crippen LogP contribution in [0.3, 0.4) is 0 Å². The van der Waals surface area contributed by atoms with E-state index in [9.17, 15) is 28.3 Å². The van der Waals surface area contributed by atoms with Crippen LogP contribution in [0.4, 0.5) is 13.2 Å². The van der Waals surface area contributed by atoms with Crippen molar-refractivity contribution < 1.29 is 36.2 Å². The molecule has 10 nitrogen and oxygen atoms in total. The maximum absolute atomic E-state index is 13.0. The summed E-state index contributed by atoms with van der Waals surface area (Å²) in [6, 6.07) is 3.43. The summed E-state index contributed by atoms with van der Waals surface area (Å²) in [4.78, 5) is 21.6. The van der Waals surface area contributed by atoms with Crippen LogP contribution in [0, 0.1) is 17.2 Å². The lowest BCUT2D eigenvalue weighted by Crippen LogP contribution is -2.45. The van der Waals surface area contributed by atoms with E-state index in [1.807, 2.05) is 6.07 Å². The molecule has 14 heteroatoms. The van der Waals surface area contributed by atoms with Crippen molar-refractivity contribution in [3.63, 3.8) is 0 Å². The van der Waals surface area contributed by atoms with Gasteiger partial charge in [-0.2, -0.15) is 26.9 Å². The lowest BCUT2D eigenvalue weighted by molar-refractivity contribution is -0.134. The van der Waals surface area contributed by atoms with E-state index in [2.05, 4.69) is 22.2 Å². The summed E-state index contributed by atoms with van der Waals surface area (Å²) in [6.45, 7) is 3.96. The van der Waals surface area contributed by atoms with Gasteiger partial charge in [-0.25, -0.2) is 9.97 Å². The van der Waals surface area contributed by atoms with E-state index < -0.39 is 35.7 Å². The molecule has 1 fully saturated rings. The molecule has 0 unspecified atom stereocenters. The van der Waals surface area contributed by atoms with Gasteiger partial charge in [0.1, 0.15) is 11.9 Å². The number of amides is 1. The van der Waals surface area contributed by atoms with Crippen LogP contribution in [0.25, 0.3) is 5.82 Å². The van der Waals surface area contributed by atoms with Gasteiger partial charge in [0.15, 0.2) is 23.0 Å². The number of carbonyl (C=O) groups is 1. The van der Waals surface area contributed by atoms with Gasteiger partial charge in [-0.15, -0.1) is 0 Å². The zero-order valence-electron chi connectivity index (χ0n) is 21.3. The summed E-state index contributed by atoms with van der Waals surface area (Å²) in [5.41, 5.74) is -0.852. The Morgan fingerprint density at radius 2 is 2.00 bits per heavy atom. The summed E-state index contributed by atoms with van der Waals surface area (Å²) in [5.74, 6) is 0.615. The van der Waals surface area contributed by atoms with E-state index in [0.29, 0.717) is 36.6 Å². The molecule has 0 spiro atoms. The average molecular weight is 558 g/mol. The minimum atomic E-state index is -4.30. The van der Waals surface area contributed by atoms with Crippen LogP contribution in [0.5, 0.6) is 5.75 Å². The van der Waals surface area contributed by atoms with Gasteiger partial charge in [0.25, 0.3) is 5.91 Å². The highest BCUT2D eigenvalue weighted by Crippen LogP contribution is 2.32. The number of halogens is 3. The van der Waals surface area contributed by atoms with Crippen molar-refractivity contribution in [1.29, 1.82) is 5.26 Å². The van der Waals surface area contributed by atoms with Crippen molar-refractivity contribution in [3.05, 3.63) is 35.0 Å². The molecule has 2 aromatic rings. The lowest BCUT2D eigenvalue weighted by Gasteiger charge is -2.34. The molecular formula is C24H30F3N5O5S. The summed E-state index contributed by atoms with van der Waals surface area (Å²) in [6.07, 6.45) is -1.02.